The van der Waals surface area contributed by atoms with Gasteiger partial charge in [-0.05, 0) is 24.3 Å². The minimum atomic E-state index is 0.402. The van der Waals surface area contributed by atoms with Crippen LogP contribution in [0.5, 0.6) is 0 Å². The van der Waals surface area contributed by atoms with Gasteiger partial charge in [0.1, 0.15) is 0 Å². The van der Waals surface area contributed by atoms with Gasteiger partial charge in [0, 0.05) is 31.2 Å². The number of aromatic nitrogens is 2. The van der Waals surface area contributed by atoms with Gasteiger partial charge in [-0.15, -0.1) is 11.3 Å². The third kappa shape index (κ3) is 3.09. The van der Waals surface area contributed by atoms with Crippen molar-refractivity contribution < 1.29 is 0 Å². The van der Waals surface area contributed by atoms with E-state index in [9.17, 15) is 0 Å². The Hall–Kier alpha value is -1.07. The topological polar surface area (TPSA) is 32.6 Å². The van der Waals surface area contributed by atoms with Crippen LogP contribution in [0, 0.1) is 11.3 Å². The van der Waals surface area contributed by atoms with Crippen LogP contribution in [0.1, 0.15) is 39.8 Å². The summed E-state index contributed by atoms with van der Waals surface area (Å²) in [5, 5.41) is 5.69. The van der Waals surface area contributed by atoms with Gasteiger partial charge in [-0.2, -0.15) is 0 Å². The molecule has 0 unspecified atom stereocenters. The standard InChI is InChI=1S/C16H26N4S/c1-12(2)9-17-10-13-14(18-15-20(13)7-8-21-15)19-6-5-16(3,4)11-19/h7-8,12,17H,5-6,9-11H2,1-4H3. The van der Waals surface area contributed by atoms with Crippen LogP contribution in [-0.2, 0) is 6.54 Å². The Labute approximate surface area is 131 Å². The Morgan fingerprint density at radius 3 is 2.90 bits per heavy atom. The molecule has 1 aliphatic heterocycles. The van der Waals surface area contributed by atoms with Crippen LogP contribution in [0.25, 0.3) is 4.96 Å². The van der Waals surface area contributed by atoms with Crippen LogP contribution in [0.2, 0.25) is 0 Å². The quantitative estimate of drug-likeness (QED) is 0.919. The highest BCUT2D eigenvalue weighted by Gasteiger charge is 2.32. The Bertz CT molecular complexity index is 611. The maximum absolute atomic E-state index is 4.89. The van der Waals surface area contributed by atoms with E-state index in [0.29, 0.717) is 11.3 Å². The first-order valence-corrected chi connectivity index (χ1v) is 8.74. The van der Waals surface area contributed by atoms with Gasteiger partial charge >= 0.3 is 0 Å². The van der Waals surface area contributed by atoms with Gasteiger partial charge in [-0.1, -0.05) is 27.7 Å². The van der Waals surface area contributed by atoms with Crippen molar-refractivity contribution in [3.8, 4) is 0 Å². The molecule has 3 heterocycles. The summed E-state index contributed by atoms with van der Waals surface area (Å²) in [5.41, 5.74) is 1.71. The van der Waals surface area contributed by atoms with Gasteiger partial charge in [0.15, 0.2) is 10.8 Å². The summed E-state index contributed by atoms with van der Waals surface area (Å²) in [6.07, 6.45) is 3.39. The lowest BCUT2D eigenvalue weighted by Gasteiger charge is -2.21. The molecule has 0 saturated carbocycles. The van der Waals surface area contributed by atoms with E-state index in [2.05, 4.69) is 53.9 Å². The molecular formula is C16H26N4S. The van der Waals surface area contributed by atoms with Crippen LogP contribution in [0.3, 0.4) is 0 Å². The molecule has 1 saturated heterocycles. The molecule has 0 amide bonds. The van der Waals surface area contributed by atoms with E-state index in [4.69, 9.17) is 4.98 Å². The summed E-state index contributed by atoms with van der Waals surface area (Å²) in [6, 6.07) is 0. The predicted octanol–water partition coefficient (Wildman–Crippen LogP) is 3.38. The van der Waals surface area contributed by atoms with E-state index in [1.165, 1.54) is 17.9 Å². The summed E-state index contributed by atoms with van der Waals surface area (Å²) < 4.78 is 2.25. The number of thiazole rings is 1. The van der Waals surface area contributed by atoms with Gasteiger partial charge in [-0.25, -0.2) is 4.98 Å². The Morgan fingerprint density at radius 1 is 1.43 bits per heavy atom. The first-order chi connectivity index (χ1) is 9.96. The largest absolute Gasteiger partial charge is 0.354 e. The first-order valence-electron chi connectivity index (χ1n) is 7.86. The zero-order chi connectivity index (χ0) is 15.0. The van der Waals surface area contributed by atoms with Gasteiger partial charge < -0.3 is 10.2 Å². The van der Waals surface area contributed by atoms with Crippen LogP contribution >= 0.6 is 11.3 Å². The lowest BCUT2D eigenvalue weighted by atomic mass is 9.93. The third-order valence-corrected chi connectivity index (χ3v) is 4.92. The molecule has 2 aromatic heterocycles. The van der Waals surface area contributed by atoms with E-state index in [1.54, 1.807) is 11.3 Å². The summed E-state index contributed by atoms with van der Waals surface area (Å²) in [6.45, 7) is 13.3. The molecule has 0 atom stereocenters. The highest BCUT2D eigenvalue weighted by atomic mass is 32.1. The number of nitrogens with zero attached hydrogens (tertiary/aromatic N) is 3. The van der Waals surface area contributed by atoms with Crippen LogP contribution < -0.4 is 10.2 Å². The Kier molecular flexibility index (Phi) is 3.97. The van der Waals surface area contributed by atoms with Gasteiger partial charge in [0.2, 0.25) is 0 Å². The fraction of sp³-hybridized carbons (Fsp3) is 0.688. The number of fused-ring (bicyclic) bond motifs is 1. The van der Waals surface area contributed by atoms with Crippen molar-refractivity contribution in [3.63, 3.8) is 0 Å². The normalized spacial score (nSPS) is 18.2. The van der Waals surface area contributed by atoms with E-state index in [0.717, 1.165) is 31.1 Å². The van der Waals surface area contributed by atoms with Crippen LogP contribution in [0.15, 0.2) is 11.6 Å². The van der Waals surface area contributed by atoms with Gasteiger partial charge in [0.25, 0.3) is 0 Å². The highest BCUT2D eigenvalue weighted by Crippen LogP contribution is 2.34. The molecule has 1 N–H and O–H groups in total. The molecule has 4 nitrogen and oxygen atoms in total. The highest BCUT2D eigenvalue weighted by molar-refractivity contribution is 7.15. The molecule has 1 aliphatic rings. The molecule has 0 radical (unpaired) electrons. The monoisotopic (exact) mass is 306 g/mol. The van der Waals surface area contributed by atoms with E-state index < -0.39 is 0 Å². The number of nitrogens with one attached hydrogen (secondary N) is 1. The van der Waals surface area contributed by atoms with Crippen molar-refractivity contribution in [1.29, 1.82) is 0 Å². The molecule has 0 bridgehead atoms. The number of hydrogen-bond donors (Lipinski definition) is 1. The van der Waals surface area contributed by atoms with Crippen molar-refractivity contribution in [1.82, 2.24) is 14.7 Å². The molecule has 0 aromatic carbocycles. The van der Waals surface area contributed by atoms with E-state index in [-0.39, 0.29) is 0 Å². The van der Waals surface area contributed by atoms with Crippen molar-refractivity contribution in [3.05, 3.63) is 17.3 Å². The van der Waals surface area contributed by atoms with E-state index in [1.807, 2.05) is 0 Å². The Balaban J connectivity index is 1.85. The number of hydrogen-bond acceptors (Lipinski definition) is 4. The number of imidazole rings is 1. The molecule has 21 heavy (non-hydrogen) atoms. The molecule has 3 rings (SSSR count). The second-order valence-electron chi connectivity index (χ2n) is 7.30. The van der Waals surface area contributed by atoms with Crippen molar-refractivity contribution >= 4 is 22.1 Å². The zero-order valence-electron chi connectivity index (χ0n) is 13.5. The van der Waals surface area contributed by atoms with Crippen molar-refractivity contribution in [2.24, 2.45) is 11.3 Å². The SMILES string of the molecule is CC(C)CNCc1c(N2CCC(C)(C)C2)nc2sccn12. The van der Waals surface area contributed by atoms with Crippen molar-refractivity contribution in [2.45, 2.75) is 40.7 Å². The fourth-order valence-corrected chi connectivity index (χ4v) is 3.74. The van der Waals surface area contributed by atoms with Gasteiger partial charge in [-0.3, -0.25) is 4.40 Å². The summed E-state index contributed by atoms with van der Waals surface area (Å²) in [7, 11) is 0. The zero-order valence-corrected chi connectivity index (χ0v) is 14.3. The lowest BCUT2D eigenvalue weighted by Crippen LogP contribution is -2.26. The Morgan fingerprint density at radius 2 is 2.24 bits per heavy atom. The van der Waals surface area contributed by atoms with Crippen LogP contribution in [-0.4, -0.2) is 29.0 Å². The second-order valence-corrected chi connectivity index (χ2v) is 8.17. The summed E-state index contributed by atoms with van der Waals surface area (Å²) in [4.78, 5) is 8.46. The summed E-state index contributed by atoms with van der Waals surface area (Å²) in [5.74, 6) is 1.86. The molecule has 116 valence electrons. The van der Waals surface area contributed by atoms with Crippen LogP contribution in [0.4, 0.5) is 5.82 Å². The number of rotatable bonds is 5. The van der Waals surface area contributed by atoms with Gasteiger partial charge in [0.05, 0.1) is 5.69 Å². The maximum atomic E-state index is 4.89. The first kappa shape index (κ1) is 14.9. The fourth-order valence-electron chi connectivity index (χ4n) is 3.01. The summed E-state index contributed by atoms with van der Waals surface area (Å²) >= 11 is 1.72. The minimum absolute atomic E-state index is 0.402. The third-order valence-electron chi connectivity index (χ3n) is 4.16. The molecule has 0 aliphatic carbocycles. The minimum Gasteiger partial charge on any atom is -0.354 e. The lowest BCUT2D eigenvalue weighted by molar-refractivity contribution is 0.418. The molecular weight excluding hydrogens is 280 g/mol. The smallest absolute Gasteiger partial charge is 0.195 e. The maximum Gasteiger partial charge on any atom is 0.195 e. The molecule has 2 aromatic rings. The molecule has 1 fully saturated rings. The number of anilines is 1. The molecule has 5 heteroatoms. The van der Waals surface area contributed by atoms with Crippen molar-refractivity contribution in [2.75, 3.05) is 24.5 Å². The predicted molar refractivity (Wildman–Crippen MR) is 90.2 cm³/mol. The average Bonchev–Trinajstić information content (AvgIpc) is 3.04. The second kappa shape index (κ2) is 5.61. The van der Waals surface area contributed by atoms with E-state index >= 15 is 0 Å². The molecule has 0 spiro atoms. The average molecular weight is 306 g/mol.